The van der Waals surface area contributed by atoms with Gasteiger partial charge in [0.15, 0.2) is 0 Å². The minimum absolute atomic E-state index is 0.176. The fourth-order valence-corrected chi connectivity index (χ4v) is 2.84. The van der Waals surface area contributed by atoms with E-state index in [1.807, 2.05) is 0 Å². The highest BCUT2D eigenvalue weighted by Gasteiger charge is 2.42. The number of imide groups is 1. The van der Waals surface area contributed by atoms with E-state index in [0.29, 0.717) is 5.02 Å². The second kappa shape index (κ2) is 6.01. The Hall–Kier alpha value is -2.66. The number of esters is 1. The predicted molar refractivity (Wildman–Crippen MR) is 93.1 cm³/mol. The van der Waals surface area contributed by atoms with Crippen molar-refractivity contribution in [2.75, 3.05) is 0 Å². The molecule has 3 rings (SSSR count). The van der Waals surface area contributed by atoms with Crippen LogP contribution in [0.3, 0.4) is 0 Å². The number of halogens is 1. The third-order valence-electron chi connectivity index (χ3n) is 3.83. The Kier molecular flexibility index (Phi) is 4.13. The zero-order valence-corrected chi connectivity index (χ0v) is 14.8. The molecule has 0 aromatic heterocycles. The van der Waals surface area contributed by atoms with E-state index in [2.05, 4.69) is 0 Å². The molecule has 2 aromatic carbocycles. The largest absolute Gasteiger partial charge is 0.421 e. The second-order valence-electron chi connectivity index (χ2n) is 6.70. The summed E-state index contributed by atoms with van der Waals surface area (Å²) in [6, 6.07) is 10.9. The lowest BCUT2D eigenvalue weighted by Gasteiger charge is -2.29. The highest BCUT2D eigenvalue weighted by molar-refractivity contribution is 6.32. The molecule has 0 N–H and O–H groups in total. The van der Waals surface area contributed by atoms with Gasteiger partial charge in [-0.1, -0.05) is 23.7 Å². The smallest absolute Gasteiger partial charge is 0.343 e. The summed E-state index contributed by atoms with van der Waals surface area (Å²) >= 11 is 5.98. The number of carbonyl (C=O) groups excluding carboxylic acids is 3. The molecular formula is C19H16ClNO4. The summed E-state index contributed by atoms with van der Waals surface area (Å²) < 4.78 is 5.27. The minimum Gasteiger partial charge on any atom is -0.421 e. The number of carbonyl (C=O) groups is 3. The molecule has 128 valence electrons. The summed E-state index contributed by atoms with van der Waals surface area (Å²) in [6.45, 7) is 5.34. The molecule has 0 fully saturated rings. The van der Waals surface area contributed by atoms with Crippen LogP contribution in [0.5, 0.6) is 5.75 Å². The Morgan fingerprint density at radius 2 is 1.64 bits per heavy atom. The quantitative estimate of drug-likeness (QED) is 0.463. The number of benzene rings is 2. The summed E-state index contributed by atoms with van der Waals surface area (Å²) in [5.74, 6) is -1.20. The first-order chi connectivity index (χ1) is 11.7. The molecule has 0 spiro atoms. The lowest BCUT2D eigenvalue weighted by Crippen LogP contribution is -2.45. The molecule has 6 heteroatoms. The van der Waals surface area contributed by atoms with Crippen LogP contribution in [0.1, 0.15) is 51.8 Å². The van der Waals surface area contributed by atoms with Crippen LogP contribution >= 0.6 is 11.6 Å². The van der Waals surface area contributed by atoms with Gasteiger partial charge in [-0.2, -0.15) is 0 Å². The monoisotopic (exact) mass is 357 g/mol. The zero-order valence-electron chi connectivity index (χ0n) is 14.0. The van der Waals surface area contributed by atoms with Gasteiger partial charge in [0.2, 0.25) is 0 Å². The van der Waals surface area contributed by atoms with Gasteiger partial charge in [0, 0.05) is 5.54 Å². The molecule has 0 saturated carbocycles. The van der Waals surface area contributed by atoms with Crippen molar-refractivity contribution in [2.24, 2.45) is 0 Å². The fraction of sp³-hybridized carbons (Fsp3) is 0.211. The number of rotatable bonds is 2. The van der Waals surface area contributed by atoms with Crippen molar-refractivity contribution in [1.82, 2.24) is 4.90 Å². The third kappa shape index (κ3) is 3.03. The lowest BCUT2D eigenvalue weighted by molar-refractivity contribution is 0.0507. The number of hydrogen-bond donors (Lipinski definition) is 0. The molecule has 0 atom stereocenters. The molecule has 0 unspecified atom stereocenters. The summed E-state index contributed by atoms with van der Waals surface area (Å²) in [4.78, 5) is 38.6. The van der Waals surface area contributed by atoms with Crippen LogP contribution in [0.2, 0.25) is 5.02 Å². The number of nitrogens with zero attached hydrogens (tertiary/aromatic N) is 1. The molecule has 5 nitrogen and oxygen atoms in total. The van der Waals surface area contributed by atoms with Crippen LogP contribution in [-0.2, 0) is 0 Å². The van der Waals surface area contributed by atoms with E-state index in [4.69, 9.17) is 16.3 Å². The Labute approximate surface area is 150 Å². The Bertz CT molecular complexity index is 899. The Balaban J connectivity index is 1.92. The highest BCUT2D eigenvalue weighted by Crippen LogP contribution is 2.30. The van der Waals surface area contributed by atoms with Gasteiger partial charge in [-0.25, -0.2) is 4.79 Å². The molecule has 1 aliphatic rings. The number of fused-ring (bicyclic) bond motifs is 1. The number of para-hydroxylation sites is 1. The maximum Gasteiger partial charge on any atom is 0.343 e. The van der Waals surface area contributed by atoms with Crippen LogP contribution in [0, 0.1) is 0 Å². The van der Waals surface area contributed by atoms with Gasteiger partial charge in [-0.3, -0.25) is 14.5 Å². The maximum atomic E-state index is 12.6. The van der Waals surface area contributed by atoms with E-state index in [1.54, 1.807) is 45.0 Å². The molecule has 2 amide bonds. The van der Waals surface area contributed by atoms with Crippen molar-refractivity contribution in [2.45, 2.75) is 26.3 Å². The van der Waals surface area contributed by atoms with Gasteiger partial charge >= 0.3 is 5.97 Å². The first-order valence-corrected chi connectivity index (χ1v) is 8.07. The molecular weight excluding hydrogens is 342 g/mol. The van der Waals surface area contributed by atoms with Crippen LogP contribution < -0.4 is 4.74 Å². The van der Waals surface area contributed by atoms with Crippen LogP contribution in [-0.4, -0.2) is 28.2 Å². The third-order valence-corrected chi connectivity index (χ3v) is 4.14. The number of amides is 2. The molecule has 2 aromatic rings. The molecule has 1 heterocycles. The topological polar surface area (TPSA) is 63.7 Å². The molecule has 25 heavy (non-hydrogen) atoms. The minimum atomic E-state index is -0.648. The van der Waals surface area contributed by atoms with Gasteiger partial charge in [0.05, 0.1) is 21.7 Å². The van der Waals surface area contributed by atoms with Crippen molar-refractivity contribution in [3.63, 3.8) is 0 Å². The van der Waals surface area contributed by atoms with E-state index in [0.717, 1.165) is 0 Å². The second-order valence-corrected chi connectivity index (χ2v) is 7.10. The van der Waals surface area contributed by atoms with E-state index in [9.17, 15) is 14.4 Å². The number of ether oxygens (including phenoxy) is 1. The molecule has 0 radical (unpaired) electrons. The Morgan fingerprint density at radius 3 is 2.28 bits per heavy atom. The fourth-order valence-electron chi connectivity index (χ4n) is 2.66. The van der Waals surface area contributed by atoms with E-state index in [-0.39, 0.29) is 28.3 Å². The van der Waals surface area contributed by atoms with E-state index >= 15 is 0 Å². The molecule has 0 saturated heterocycles. The average Bonchev–Trinajstić information content (AvgIpc) is 2.80. The van der Waals surface area contributed by atoms with Crippen molar-refractivity contribution in [3.8, 4) is 5.75 Å². The maximum absolute atomic E-state index is 12.6. The van der Waals surface area contributed by atoms with Crippen molar-refractivity contribution < 1.29 is 19.1 Å². The highest BCUT2D eigenvalue weighted by atomic mass is 35.5. The number of hydrogen-bond acceptors (Lipinski definition) is 4. The van der Waals surface area contributed by atoms with Crippen LogP contribution in [0.15, 0.2) is 42.5 Å². The van der Waals surface area contributed by atoms with Crippen LogP contribution in [0.4, 0.5) is 0 Å². The molecule has 1 aliphatic heterocycles. The lowest BCUT2D eigenvalue weighted by atomic mass is 10.1. The average molecular weight is 358 g/mol. The van der Waals surface area contributed by atoms with Gasteiger partial charge in [-0.05, 0) is 51.1 Å². The van der Waals surface area contributed by atoms with Gasteiger partial charge < -0.3 is 4.74 Å². The first kappa shape index (κ1) is 17.2. The van der Waals surface area contributed by atoms with Crippen molar-refractivity contribution in [1.29, 1.82) is 0 Å². The summed E-state index contributed by atoms with van der Waals surface area (Å²) in [5, 5.41) is 0.308. The van der Waals surface area contributed by atoms with E-state index < -0.39 is 17.4 Å². The van der Waals surface area contributed by atoms with Crippen molar-refractivity contribution >= 4 is 29.4 Å². The van der Waals surface area contributed by atoms with Gasteiger partial charge in [0.1, 0.15) is 5.75 Å². The van der Waals surface area contributed by atoms with E-state index in [1.165, 1.54) is 23.1 Å². The normalized spacial score (nSPS) is 13.8. The summed E-state index contributed by atoms with van der Waals surface area (Å²) in [6.07, 6.45) is 0. The van der Waals surface area contributed by atoms with Gasteiger partial charge in [-0.15, -0.1) is 0 Å². The predicted octanol–water partition coefficient (Wildman–Crippen LogP) is 3.95. The van der Waals surface area contributed by atoms with Crippen molar-refractivity contribution in [3.05, 3.63) is 64.2 Å². The SMILES string of the molecule is CC(C)(C)N1C(=O)c2ccc(C(=O)Oc3ccccc3Cl)cc2C1=O. The zero-order chi connectivity index (χ0) is 18.4. The summed E-state index contributed by atoms with van der Waals surface area (Å²) in [5.41, 5.74) is 0.0177. The van der Waals surface area contributed by atoms with Crippen LogP contribution in [0.25, 0.3) is 0 Å². The molecule has 0 aliphatic carbocycles. The summed E-state index contributed by atoms with van der Waals surface area (Å²) in [7, 11) is 0. The first-order valence-electron chi connectivity index (χ1n) is 7.70. The Morgan fingerprint density at radius 1 is 1.00 bits per heavy atom. The van der Waals surface area contributed by atoms with Gasteiger partial charge in [0.25, 0.3) is 11.8 Å². The molecule has 0 bridgehead atoms. The standard InChI is InChI=1S/C19H16ClNO4/c1-19(2,3)21-16(22)12-9-8-11(10-13(12)17(21)23)18(24)25-15-7-5-4-6-14(15)20/h4-10H,1-3H3.